The highest BCUT2D eigenvalue weighted by atomic mass is 16.5. The van der Waals surface area contributed by atoms with Gasteiger partial charge in [0.2, 0.25) is 0 Å². The molecule has 2 bridgehead atoms. The minimum Gasteiger partial charge on any atom is -0.481 e. The van der Waals surface area contributed by atoms with E-state index in [1.54, 1.807) is 6.92 Å². The Morgan fingerprint density at radius 1 is 1.18 bits per heavy atom. The zero-order valence-electron chi connectivity index (χ0n) is 16.9. The maximum Gasteiger partial charge on any atom is 0.309 e. The van der Waals surface area contributed by atoms with E-state index in [4.69, 9.17) is 4.74 Å². The molecule has 0 amide bonds. The molecule has 0 aromatic rings. The molecule has 6 heteroatoms. The smallest absolute Gasteiger partial charge is 0.309 e. The fourth-order valence-electron chi connectivity index (χ4n) is 7.58. The van der Waals surface area contributed by atoms with Gasteiger partial charge >= 0.3 is 11.9 Å². The van der Waals surface area contributed by atoms with Gasteiger partial charge in [0, 0.05) is 12.3 Å². The van der Waals surface area contributed by atoms with E-state index in [0.29, 0.717) is 31.3 Å². The number of carboxylic acid groups (broad SMARTS) is 1. The summed E-state index contributed by atoms with van der Waals surface area (Å²) in [6, 6.07) is 0. The van der Waals surface area contributed by atoms with Crippen molar-refractivity contribution in [2.75, 3.05) is 0 Å². The molecule has 4 fully saturated rings. The van der Waals surface area contributed by atoms with Crippen LogP contribution in [0.2, 0.25) is 0 Å². The van der Waals surface area contributed by atoms with E-state index >= 15 is 0 Å². The summed E-state index contributed by atoms with van der Waals surface area (Å²) < 4.78 is 5.74. The molecule has 4 aliphatic rings. The van der Waals surface area contributed by atoms with Gasteiger partial charge in [0.15, 0.2) is 5.78 Å². The number of ether oxygens (including phenoxy) is 1. The van der Waals surface area contributed by atoms with Crippen molar-refractivity contribution in [1.29, 1.82) is 0 Å². The number of ketones is 1. The molecule has 0 radical (unpaired) electrons. The maximum absolute atomic E-state index is 13.3. The lowest BCUT2D eigenvalue weighted by molar-refractivity contribution is -0.240. The molecule has 0 unspecified atom stereocenters. The number of hydrogen-bond acceptors (Lipinski definition) is 5. The van der Waals surface area contributed by atoms with Crippen LogP contribution in [-0.4, -0.2) is 40.1 Å². The standard InChI is InChI=1S/C22H30O6/c1-11-13-5-6-14-21(4)15(9-16(24)22(14,10-13)18(11)25)20(3,19(26)27)8-7-17(21)28-12(2)23/h13-17,24H,1,5-10H2,2-4H3,(H,26,27)/t13-,14+,15-,16+,17+,20-,21+,22-/m1/s1. The first-order valence-electron chi connectivity index (χ1n) is 10.3. The summed E-state index contributed by atoms with van der Waals surface area (Å²) in [5.41, 5.74) is -2.02. The van der Waals surface area contributed by atoms with E-state index in [-0.39, 0.29) is 35.9 Å². The molecule has 28 heavy (non-hydrogen) atoms. The van der Waals surface area contributed by atoms with Gasteiger partial charge in [-0.05, 0) is 68.8 Å². The van der Waals surface area contributed by atoms with Crippen LogP contribution >= 0.6 is 0 Å². The predicted molar refractivity (Wildman–Crippen MR) is 100 cm³/mol. The minimum atomic E-state index is -1.02. The Balaban J connectivity index is 1.88. The third kappa shape index (κ3) is 2.15. The van der Waals surface area contributed by atoms with Crippen molar-refractivity contribution in [2.24, 2.45) is 34.0 Å². The summed E-state index contributed by atoms with van der Waals surface area (Å²) >= 11 is 0. The number of Topliss-reactive ketones (excluding diaryl/α,β-unsaturated/α-hetero) is 1. The van der Waals surface area contributed by atoms with Crippen molar-refractivity contribution in [3.8, 4) is 0 Å². The monoisotopic (exact) mass is 390 g/mol. The quantitative estimate of drug-likeness (QED) is 0.555. The molecule has 0 aromatic heterocycles. The molecule has 6 nitrogen and oxygen atoms in total. The zero-order valence-corrected chi connectivity index (χ0v) is 16.9. The van der Waals surface area contributed by atoms with Crippen molar-refractivity contribution in [1.82, 2.24) is 0 Å². The van der Waals surface area contributed by atoms with Crippen LogP contribution in [0, 0.1) is 34.0 Å². The van der Waals surface area contributed by atoms with Crippen LogP contribution in [0.3, 0.4) is 0 Å². The number of esters is 1. The van der Waals surface area contributed by atoms with Gasteiger partial charge in [-0.15, -0.1) is 0 Å². The van der Waals surface area contributed by atoms with Crippen LogP contribution in [0.4, 0.5) is 0 Å². The first kappa shape index (κ1) is 19.6. The molecular weight excluding hydrogens is 360 g/mol. The SMILES string of the molecule is C=C1C(=O)[C@]23C[C@H]1CC[C@H]2[C@]1(C)[C@@H](OC(C)=O)CC[C@@](C)(C(=O)O)[C@H]1C[C@@H]3O. The number of carboxylic acids is 1. The van der Waals surface area contributed by atoms with Crippen LogP contribution in [0.1, 0.15) is 59.3 Å². The Bertz CT molecular complexity index is 773. The molecule has 1 spiro atoms. The summed E-state index contributed by atoms with van der Waals surface area (Å²) in [5.74, 6) is -1.83. The number of carbonyl (C=O) groups excluding carboxylic acids is 2. The summed E-state index contributed by atoms with van der Waals surface area (Å²) in [6.07, 6.45) is 1.84. The van der Waals surface area contributed by atoms with Gasteiger partial charge in [-0.3, -0.25) is 14.4 Å². The zero-order chi connectivity index (χ0) is 20.6. The van der Waals surface area contributed by atoms with Crippen LogP contribution in [-0.2, 0) is 19.1 Å². The van der Waals surface area contributed by atoms with Gasteiger partial charge in [-0.25, -0.2) is 0 Å². The highest BCUT2D eigenvalue weighted by Gasteiger charge is 2.73. The highest BCUT2D eigenvalue weighted by molar-refractivity contribution is 6.03. The van der Waals surface area contributed by atoms with Gasteiger partial charge in [-0.1, -0.05) is 13.5 Å². The summed E-state index contributed by atoms with van der Waals surface area (Å²) in [5, 5.41) is 21.3. The number of hydrogen-bond donors (Lipinski definition) is 2. The molecule has 0 aliphatic heterocycles. The third-order valence-electron chi connectivity index (χ3n) is 8.96. The average Bonchev–Trinajstić information content (AvgIpc) is 2.81. The summed E-state index contributed by atoms with van der Waals surface area (Å²) in [7, 11) is 0. The van der Waals surface area contributed by atoms with E-state index in [1.165, 1.54) is 6.92 Å². The number of aliphatic hydroxyl groups is 1. The lowest BCUT2D eigenvalue weighted by Gasteiger charge is -2.65. The van der Waals surface area contributed by atoms with E-state index in [9.17, 15) is 24.6 Å². The lowest BCUT2D eigenvalue weighted by Crippen LogP contribution is -2.68. The molecule has 0 heterocycles. The normalized spacial score (nSPS) is 49.9. The van der Waals surface area contributed by atoms with Crippen molar-refractivity contribution < 1.29 is 29.3 Å². The van der Waals surface area contributed by atoms with Gasteiger partial charge < -0.3 is 14.9 Å². The minimum absolute atomic E-state index is 0.0589. The maximum atomic E-state index is 13.3. The predicted octanol–water partition coefficient (Wildman–Crippen LogP) is 2.73. The number of rotatable bonds is 2. The van der Waals surface area contributed by atoms with Crippen molar-refractivity contribution in [3.63, 3.8) is 0 Å². The van der Waals surface area contributed by atoms with E-state index < -0.39 is 34.4 Å². The molecule has 154 valence electrons. The van der Waals surface area contributed by atoms with Crippen LogP contribution in [0.25, 0.3) is 0 Å². The van der Waals surface area contributed by atoms with E-state index in [0.717, 1.165) is 6.42 Å². The Kier molecular flexibility index (Phi) is 4.14. The second-order valence-electron chi connectivity index (χ2n) is 9.96. The first-order valence-corrected chi connectivity index (χ1v) is 10.3. The van der Waals surface area contributed by atoms with Crippen molar-refractivity contribution in [2.45, 2.75) is 71.5 Å². The fourth-order valence-corrected chi connectivity index (χ4v) is 7.58. The van der Waals surface area contributed by atoms with Crippen molar-refractivity contribution >= 4 is 17.7 Å². The average molecular weight is 390 g/mol. The number of carbonyl (C=O) groups is 3. The van der Waals surface area contributed by atoms with Crippen LogP contribution in [0.5, 0.6) is 0 Å². The number of allylic oxidation sites excluding steroid dienone is 1. The second-order valence-corrected chi connectivity index (χ2v) is 9.96. The molecule has 4 rings (SSSR count). The molecule has 4 aliphatic carbocycles. The highest BCUT2D eigenvalue weighted by Crippen LogP contribution is 2.71. The van der Waals surface area contributed by atoms with Crippen LogP contribution < -0.4 is 0 Å². The van der Waals surface area contributed by atoms with Gasteiger partial charge in [0.25, 0.3) is 0 Å². The largest absolute Gasteiger partial charge is 0.481 e. The van der Waals surface area contributed by atoms with Gasteiger partial charge in [0.1, 0.15) is 6.10 Å². The Morgan fingerprint density at radius 2 is 1.86 bits per heavy atom. The second kappa shape index (κ2) is 5.91. The first-order chi connectivity index (χ1) is 13.0. The Hall–Kier alpha value is -1.69. The Morgan fingerprint density at radius 3 is 2.46 bits per heavy atom. The topological polar surface area (TPSA) is 101 Å². The molecule has 0 saturated heterocycles. The molecular formula is C22H30O6. The van der Waals surface area contributed by atoms with Gasteiger partial charge in [-0.2, -0.15) is 0 Å². The molecule has 0 aromatic carbocycles. The molecule has 4 saturated carbocycles. The number of fused-ring (bicyclic) bond motifs is 3. The van der Waals surface area contributed by atoms with Gasteiger partial charge in [0.05, 0.1) is 16.9 Å². The van der Waals surface area contributed by atoms with Crippen molar-refractivity contribution in [3.05, 3.63) is 12.2 Å². The van der Waals surface area contributed by atoms with E-state index in [1.807, 2.05) is 6.92 Å². The summed E-state index contributed by atoms with van der Waals surface area (Å²) in [6.45, 7) is 9.12. The fraction of sp³-hybridized carbons (Fsp3) is 0.773. The third-order valence-corrected chi connectivity index (χ3v) is 8.96. The Labute approximate surface area is 165 Å². The van der Waals surface area contributed by atoms with E-state index in [2.05, 4.69) is 6.58 Å². The lowest BCUT2D eigenvalue weighted by atomic mass is 9.39. The molecule has 2 N–H and O–H groups in total. The summed E-state index contributed by atoms with van der Waals surface area (Å²) in [4.78, 5) is 37.4. The molecule has 8 atom stereocenters. The number of aliphatic carboxylic acids is 1. The number of aliphatic hydroxyl groups excluding tert-OH is 1. The van der Waals surface area contributed by atoms with Crippen LogP contribution in [0.15, 0.2) is 12.2 Å².